The Hall–Kier alpha value is -0.100. The third-order valence-electron chi connectivity index (χ3n) is 2.53. The first kappa shape index (κ1) is 12.4. The van der Waals surface area contributed by atoms with Gasteiger partial charge in [0, 0.05) is 22.9 Å². The van der Waals surface area contributed by atoms with Crippen LogP contribution in [0.2, 0.25) is 5.02 Å². The number of benzene rings is 1. The molecule has 0 amide bonds. The van der Waals surface area contributed by atoms with Crippen LogP contribution in [-0.4, -0.2) is 30.6 Å². The van der Waals surface area contributed by atoms with Crippen molar-refractivity contribution in [3.8, 4) is 0 Å². The summed E-state index contributed by atoms with van der Waals surface area (Å²) in [5.41, 5.74) is 0. The van der Waals surface area contributed by atoms with Crippen LogP contribution >= 0.6 is 27.5 Å². The van der Waals surface area contributed by atoms with Gasteiger partial charge in [-0.05, 0) is 24.6 Å². The number of alkyl halides is 1. The van der Waals surface area contributed by atoms with Gasteiger partial charge in [-0.2, -0.15) is 4.31 Å². The number of sulfonamides is 1. The topological polar surface area (TPSA) is 37.4 Å². The molecule has 88 valence electrons. The molecule has 0 radical (unpaired) electrons. The van der Waals surface area contributed by atoms with Gasteiger partial charge in [0.05, 0.1) is 4.90 Å². The Kier molecular flexibility index (Phi) is 3.59. The average molecular weight is 325 g/mol. The average Bonchev–Trinajstić information content (AvgIpc) is 2.65. The second-order valence-electron chi connectivity index (χ2n) is 3.71. The zero-order valence-corrected chi connectivity index (χ0v) is 11.6. The summed E-state index contributed by atoms with van der Waals surface area (Å²) in [6.45, 7) is 1.08. The summed E-state index contributed by atoms with van der Waals surface area (Å²) in [5.74, 6) is 0. The highest BCUT2D eigenvalue weighted by atomic mass is 79.9. The summed E-state index contributed by atoms with van der Waals surface area (Å²) in [5, 5.41) is 0.440. The second-order valence-corrected chi connectivity index (χ2v) is 7.38. The number of hydrogen-bond acceptors (Lipinski definition) is 2. The van der Waals surface area contributed by atoms with Crippen molar-refractivity contribution in [3.63, 3.8) is 0 Å². The zero-order valence-electron chi connectivity index (χ0n) is 8.44. The molecule has 1 aromatic rings. The number of rotatable bonds is 2. The normalized spacial score (nSPS) is 22.5. The smallest absolute Gasteiger partial charge is 0.207 e. The maximum Gasteiger partial charge on any atom is 0.243 e. The maximum absolute atomic E-state index is 12.2. The van der Waals surface area contributed by atoms with E-state index >= 15 is 0 Å². The molecule has 0 spiro atoms. The fourth-order valence-corrected chi connectivity index (χ4v) is 4.23. The Balaban J connectivity index is 2.32. The van der Waals surface area contributed by atoms with Crippen molar-refractivity contribution in [1.29, 1.82) is 0 Å². The molecule has 0 aromatic heterocycles. The van der Waals surface area contributed by atoms with E-state index in [9.17, 15) is 8.42 Å². The van der Waals surface area contributed by atoms with Crippen molar-refractivity contribution in [2.75, 3.05) is 13.1 Å². The lowest BCUT2D eigenvalue weighted by atomic mass is 10.4. The lowest BCUT2D eigenvalue weighted by Gasteiger charge is -2.15. The van der Waals surface area contributed by atoms with Crippen LogP contribution in [0.15, 0.2) is 29.2 Å². The van der Waals surface area contributed by atoms with Crippen LogP contribution in [0.1, 0.15) is 6.42 Å². The molecule has 0 N–H and O–H groups in total. The summed E-state index contributed by atoms with van der Waals surface area (Å²) in [6, 6.07) is 6.37. The zero-order chi connectivity index (χ0) is 11.8. The number of nitrogens with zero attached hydrogens (tertiary/aromatic N) is 1. The molecule has 2 rings (SSSR count). The quantitative estimate of drug-likeness (QED) is 0.784. The van der Waals surface area contributed by atoms with Crippen LogP contribution in [0, 0.1) is 0 Å². The molecule has 1 aliphatic rings. The van der Waals surface area contributed by atoms with Gasteiger partial charge in [0.15, 0.2) is 0 Å². The molecule has 1 saturated heterocycles. The highest BCUT2D eigenvalue weighted by Crippen LogP contribution is 2.25. The third kappa shape index (κ3) is 2.42. The molecule has 6 heteroatoms. The molecule has 1 aromatic carbocycles. The molecule has 0 aliphatic carbocycles. The van der Waals surface area contributed by atoms with E-state index in [1.54, 1.807) is 18.2 Å². The summed E-state index contributed by atoms with van der Waals surface area (Å²) in [7, 11) is -3.38. The third-order valence-corrected chi connectivity index (χ3v) is 5.37. The molecule has 1 fully saturated rings. The predicted octanol–water partition coefficient (Wildman–Crippen LogP) is 2.50. The van der Waals surface area contributed by atoms with Gasteiger partial charge in [-0.25, -0.2) is 8.42 Å². The van der Waals surface area contributed by atoms with E-state index in [0.717, 1.165) is 6.42 Å². The SMILES string of the molecule is O=S(=O)(c1cccc(Cl)c1)N1CCC(Br)C1. The van der Waals surface area contributed by atoms with Gasteiger partial charge in [-0.15, -0.1) is 0 Å². The first-order valence-corrected chi connectivity index (χ1v) is 7.63. The Labute approximate surface area is 109 Å². The minimum atomic E-state index is -3.38. The fourth-order valence-electron chi connectivity index (χ4n) is 1.68. The first-order valence-electron chi connectivity index (χ1n) is 4.90. The highest BCUT2D eigenvalue weighted by Gasteiger charge is 2.31. The van der Waals surface area contributed by atoms with Crippen molar-refractivity contribution in [1.82, 2.24) is 4.31 Å². The van der Waals surface area contributed by atoms with E-state index < -0.39 is 10.0 Å². The molecular formula is C10H11BrClNO2S. The van der Waals surface area contributed by atoms with Gasteiger partial charge < -0.3 is 0 Å². The van der Waals surface area contributed by atoms with Crippen LogP contribution in [0.25, 0.3) is 0 Å². The molecule has 1 atom stereocenters. The van der Waals surface area contributed by atoms with Gasteiger partial charge in [0.25, 0.3) is 0 Å². The summed E-state index contributed by atoms with van der Waals surface area (Å²) in [6.07, 6.45) is 0.847. The summed E-state index contributed by atoms with van der Waals surface area (Å²) in [4.78, 5) is 0.517. The van der Waals surface area contributed by atoms with E-state index in [1.165, 1.54) is 10.4 Å². The number of hydrogen-bond donors (Lipinski definition) is 0. The van der Waals surface area contributed by atoms with Crippen molar-refractivity contribution in [3.05, 3.63) is 29.3 Å². The van der Waals surface area contributed by atoms with Crippen molar-refractivity contribution in [2.24, 2.45) is 0 Å². The van der Waals surface area contributed by atoms with Gasteiger partial charge in [-0.1, -0.05) is 33.6 Å². The van der Waals surface area contributed by atoms with E-state index in [4.69, 9.17) is 11.6 Å². The van der Waals surface area contributed by atoms with Crippen molar-refractivity contribution in [2.45, 2.75) is 16.1 Å². The molecule has 16 heavy (non-hydrogen) atoms. The van der Waals surface area contributed by atoms with Crippen molar-refractivity contribution < 1.29 is 8.42 Å². The monoisotopic (exact) mass is 323 g/mol. The molecule has 1 aliphatic heterocycles. The molecule has 0 bridgehead atoms. The first-order chi connectivity index (χ1) is 7.50. The standard InChI is InChI=1S/C10H11BrClNO2S/c11-8-4-5-13(7-8)16(14,15)10-3-1-2-9(12)6-10/h1-3,6,8H,4-5,7H2. The molecule has 1 heterocycles. The highest BCUT2D eigenvalue weighted by molar-refractivity contribution is 9.09. The Bertz CT molecular complexity index is 491. The number of halogens is 2. The largest absolute Gasteiger partial charge is 0.243 e. The second kappa shape index (κ2) is 4.64. The van der Waals surface area contributed by atoms with Crippen molar-refractivity contribution >= 4 is 37.6 Å². The van der Waals surface area contributed by atoms with Crippen LogP contribution in [0.5, 0.6) is 0 Å². The molecule has 3 nitrogen and oxygen atoms in total. The maximum atomic E-state index is 12.2. The Morgan fingerprint density at radius 2 is 2.19 bits per heavy atom. The van der Waals surface area contributed by atoms with Crippen LogP contribution < -0.4 is 0 Å². The summed E-state index contributed by atoms with van der Waals surface area (Å²) < 4.78 is 25.8. The van der Waals surface area contributed by atoms with Gasteiger partial charge >= 0.3 is 0 Å². The van der Waals surface area contributed by atoms with Crippen LogP contribution in [0.3, 0.4) is 0 Å². The summed E-state index contributed by atoms with van der Waals surface area (Å²) >= 11 is 9.22. The molecule has 0 saturated carbocycles. The van der Waals surface area contributed by atoms with Crippen LogP contribution in [0.4, 0.5) is 0 Å². The van der Waals surface area contributed by atoms with E-state index in [-0.39, 0.29) is 9.72 Å². The van der Waals surface area contributed by atoms with Crippen LogP contribution in [-0.2, 0) is 10.0 Å². The van der Waals surface area contributed by atoms with E-state index in [2.05, 4.69) is 15.9 Å². The van der Waals surface area contributed by atoms with Gasteiger partial charge in [0.1, 0.15) is 0 Å². The lowest BCUT2D eigenvalue weighted by molar-refractivity contribution is 0.478. The fraction of sp³-hybridized carbons (Fsp3) is 0.400. The lowest BCUT2D eigenvalue weighted by Crippen LogP contribution is -2.28. The minimum Gasteiger partial charge on any atom is -0.207 e. The van der Waals surface area contributed by atoms with Gasteiger partial charge in [0.2, 0.25) is 10.0 Å². The Morgan fingerprint density at radius 1 is 1.44 bits per heavy atom. The minimum absolute atomic E-state index is 0.251. The van der Waals surface area contributed by atoms with E-state index in [0.29, 0.717) is 18.1 Å². The van der Waals surface area contributed by atoms with E-state index in [1.807, 2.05) is 0 Å². The van der Waals surface area contributed by atoms with Gasteiger partial charge in [-0.3, -0.25) is 0 Å². The Morgan fingerprint density at radius 3 is 2.75 bits per heavy atom. The molecule has 1 unspecified atom stereocenters. The molecular weight excluding hydrogens is 314 g/mol. The predicted molar refractivity (Wildman–Crippen MR) is 67.5 cm³/mol.